The van der Waals surface area contributed by atoms with Crippen LogP contribution in [0.5, 0.6) is 0 Å². The maximum atomic E-state index is 12.7. The van der Waals surface area contributed by atoms with Crippen LogP contribution in [0.3, 0.4) is 0 Å². The molecular formula is C18H17N3O2S2. The normalized spacial score (nSPS) is 11.0. The number of nitrogens with zero attached hydrogens (tertiary/aromatic N) is 3. The van der Waals surface area contributed by atoms with Crippen LogP contribution in [0.15, 0.2) is 42.0 Å². The van der Waals surface area contributed by atoms with E-state index in [1.807, 2.05) is 26.0 Å². The van der Waals surface area contributed by atoms with Crippen molar-refractivity contribution in [2.24, 2.45) is 0 Å². The van der Waals surface area contributed by atoms with Gasteiger partial charge >= 0.3 is 0 Å². The van der Waals surface area contributed by atoms with E-state index in [0.29, 0.717) is 26.4 Å². The van der Waals surface area contributed by atoms with Gasteiger partial charge in [0.25, 0.3) is 5.56 Å². The van der Waals surface area contributed by atoms with Crippen LogP contribution in [-0.4, -0.2) is 19.9 Å². The van der Waals surface area contributed by atoms with Crippen LogP contribution in [0.4, 0.5) is 0 Å². The van der Waals surface area contributed by atoms with Gasteiger partial charge in [-0.05, 0) is 31.6 Å². The highest BCUT2D eigenvalue weighted by Crippen LogP contribution is 2.18. The minimum Gasteiger partial charge on any atom is -0.304 e. The molecule has 3 aromatic rings. The molecule has 0 aliphatic carbocycles. The van der Waals surface area contributed by atoms with Crippen molar-refractivity contribution >= 4 is 39.7 Å². The number of benzene rings is 1. The fourth-order valence-electron chi connectivity index (χ4n) is 2.74. The Balaban J connectivity index is 2.01. The van der Waals surface area contributed by atoms with Gasteiger partial charge in [0, 0.05) is 12.1 Å². The van der Waals surface area contributed by atoms with E-state index in [9.17, 15) is 9.59 Å². The summed E-state index contributed by atoms with van der Waals surface area (Å²) in [7, 11) is 0. The fraction of sp³-hybridized carbons (Fsp3) is 0.222. The van der Waals surface area contributed by atoms with Gasteiger partial charge in [0.2, 0.25) is 0 Å². The highest BCUT2D eigenvalue weighted by molar-refractivity contribution is 7.73. The molecule has 0 atom stereocenters. The molecule has 2 aromatic heterocycles. The molecule has 128 valence electrons. The summed E-state index contributed by atoms with van der Waals surface area (Å²) in [5.41, 5.74) is 2.91. The molecule has 0 fully saturated rings. The number of Topliss-reactive ketones (excluding diaryl/α,β-unsaturated/α-hetero) is 1. The van der Waals surface area contributed by atoms with E-state index in [1.165, 1.54) is 22.2 Å². The first kappa shape index (κ1) is 17.4. The van der Waals surface area contributed by atoms with Gasteiger partial charge in [-0.3, -0.25) is 14.2 Å². The average Bonchev–Trinajstić information content (AvgIpc) is 2.87. The van der Waals surface area contributed by atoms with Crippen LogP contribution in [0.2, 0.25) is 0 Å². The highest BCUT2D eigenvalue weighted by atomic mass is 32.1. The van der Waals surface area contributed by atoms with E-state index in [1.54, 1.807) is 16.7 Å². The number of fused-ring (bicyclic) bond motifs is 1. The van der Waals surface area contributed by atoms with E-state index in [-0.39, 0.29) is 17.9 Å². The third kappa shape index (κ3) is 3.25. The Morgan fingerprint density at radius 1 is 1.40 bits per heavy atom. The molecule has 0 aliphatic heterocycles. The summed E-state index contributed by atoms with van der Waals surface area (Å²) in [6.45, 7) is 8.02. The zero-order chi connectivity index (χ0) is 18.1. The molecule has 0 unspecified atom stereocenters. The molecule has 0 aliphatic rings. The van der Waals surface area contributed by atoms with Crippen molar-refractivity contribution in [3.8, 4) is 0 Å². The summed E-state index contributed by atoms with van der Waals surface area (Å²) in [6, 6.07) is 5.65. The Hall–Kier alpha value is -2.38. The summed E-state index contributed by atoms with van der Waals surface area (Å²) in [5.74, 6) is -0.116. The number of ketones is 1. The lowest BCUT2D eigenvalue weighted by Crippen LogP contribution is -2.24. The Labute approximate surface area is 153 Å². The molecule has 3 rings (SSSR count). The highest BCUT2D eigenvalue weighted by Gasteiger charge is 2.15. The minimum absolute atomic E-state index is 0.0439. The number of aromatic nitrogens is 3. The molecule has 5 nitrogen and oxygen atoms in total. The average molecular weight is 371 g/mol. The number of hydrogen-bond acceptors (Lipinski definition) is 5. The maximum absolute atomic E-state index is 12.7. The lowest BCUT2D eigenvalue weighted by atomic mass is 10.0. The Bertz CT molecular complexity index is 1110. The van der Waals surface area contributed by atoms with Crippen LogP contribution >= 0.6 is 23.6 Å². The molecule has 2 heterocycles. The molecule has 0 saturated heterocycles. The zero-order valence-electron chi connectivity index (χ0n) is 14.0. The molecule has 7 heteroatoms. The van der Waals surface area contributed by atoms with Crippen molar-refractivity contribution in [3.63, 3.8) is 0 Å². The molecule has 0 saturated carbocycles. The number of aryl methyl sites for hydroxylation is 2. The van der Waals surface area contributed by atoms with E-state index < -0.39 is 0 Å². The van der Waals surface area contributed by atoms with Crippen LogP contribution in [-0.2, 0) is 13.1 Å². The van der Waals surface area contributed by atoms with Gasteiger partial charge in [-0.1, -0.05) is 41.2 Å². The maximum Gasteiger partial charge on any atom is 0.273 e. The van der Waals surface area contributed by atoms with Crippen molar-refractivity contribution in [3.05, 3.63) is 68.2 Å². The lowest BCUT2D eigenvalue weighted by Gasteiger charge is -2.08. The molecule has 0 N–H and O–H groups in total. The smallest absolute Gasteiger partial charge is 0.273 e. The van der Waals surface area contributed by atoms with Crippen molar-refractivity contribution in [1.82, 2.24) is 14.1 Å². The van der Waals surface area contributed by atoms with Crippen LogP contribution in [0.25, 0.3) is 10.3 Å². The second-order valence-corrected chi connectivity index (χ2v) is 7.48. The van der Waals surface area contributed by atoms with E-state index in [2.05, 4.69) is 11.6 Å². The Morgan fingerprint density at radius 2 is 2.16 bits per heavy atom. The Morgan fingerprint density at radius 3 is 2.84 bits per heavy atom. The number of rotatable bonds is 5. The predicted molar refractivity (Wildman–Crippen MR) is 103 cm³/mol. The second kappa shape index (κ2) is 6.85. The van der Waals surface area contributed by atoms with Crippen molar-refractivity contribution in [1.29, 1.82) is 0 Å². The molecule has 0 amide bonds. The van der Waals surface area contributed by atoms with Crippen molar-refractivity contribution in [2.45, 2.75) is 26.9 Å². The van der Waals surface area contributed by atoms with Crippen molar-refractivity contribution < 1.29 is 4.79 Å². The third-order valence-corrected chi connectivity index (χ3v) is 5.38. The summed E-state index contributed by atoms with van der Waals surface area (Å²) < 4.78 is 4.13. The van der Waals surface area contributed by atoms with Crippen LogP contribution in [0.1, 0.15) is 21.5 Å². The van der Waals surface area contributed by atoms with E-state index in [0.717, 1.165) is 11.1 Å². The lowest BCUT2D eigenvalue weighted by molar-refractivity contribution is 0.0970. The number of carbonyl (C=O) groups is 1. The fourth-order valence-corrected chi connectivity index (χ4v) is 4.06. The van der Waals surface area contributed by atoms with Gasteiger partial charge in [0.05, 0.1) is 6.54 Å². The summed E-state index contributed by atoms with van der Waals surface area (Å²) in [6.07, 6.45) is 3.12. The number of allylic oxidation sites excluding steroid dienone is 1. The van der Waals surface area contributed by atoms with E-state index in [4.69, 9.17) is 12.2 Å². The molecule has 0 bridgehead atoms. The first-order valence-corrected chi connectivity index (χ1v) is 8.95. The summed E-state index contributed by atoms with van der Waals surface area (Å²) >= 11 is 6.50. The number of hydrogen-bond donors (Lipinski definition) is 0. The molecule has 0 radical (unpaired) electrons. The van der Waals surface area contributed by atoms with Gasteiger partial charge in [-0.15, -0.1) is 6.58 Å². The van der Waals surface area contributed by atoms with Crippen LogP contribution < -0.4 is 5.56 Å². The largest absolute Gasteiger partial charge is 0.304 e. The van der Waals surface area contributed by atoms with E-state index >= 15 is 0 Å². The van der Waals surface area contributed by atoms with Crippen molar-refractivity contribution in [2.75, 3.05) is 0 Å². The van der Waals surface area contributed by atoms with Gasteiger partial charge in [0.1, 0.15) is 11.0 Å². The topological polar surface area (TPSA) is 56.9 Å². The number of carbonyl (C=O) groups excluding carboxylic acids is 1. The SMILES string of the molecule is C=CCn1c(=S)sc2c(=O)n(CC(=O)c3ccc(C)cc3C)cnc21. The minimum atomic E-state index is -0.248. The molecule has 25 heavy (non-hydrogen) atoms. The number of thiazole rings is 1. The first-order chi connectivity index (χ1) is 11.9. The quantitative estimate of drug-likeness (QED) is 0.390. The summed E-state index contributed by atoms with van der Waals surface area (Å²) in [4.78, 5) is 29.6. The first-order valence-electron chi connectivity index (χ1n) is 7.72. The molecule has 0 spiro atoms. The van der Waals surface area contributed by atoms with Gasteiger partial charge in [-0.25, -0.2) is 4.98 Å². The third-order valence-electron chi connectivity index (χ3n) is 3.95. The monoisotopic (exact) mass is 371 g/mol. The zero-order valence-corrected chi connectivity index (χ0v) is 15.6. The Kier molecular flexibility index (Phi) is 4.78. The van der Waals surface area contributed by atoms with Gasteiger partial charge in [0.15, 0.2) is 15.4 Å². The predicted octanol–water partition coefficient (Wildman–Crippen LogP) is 3.67. The standard InChI is InChI=1S/C18H17N3O2S2/c1-4-7-21-16-15(25-18(21)24)17(23)20(10-19-16)9-14(22)13-6-5-11(2)8-12(13)3/h4-6,8,10H,1,7,9H2,2-3H3. The molecular weight excluding hydrogens is 354 g/mol. The van der Waals surface area contributed by atoms with Gasteiger partial charge in [-0.2, -0.15) is 0 Å². The molecule has 1 aromatic carbocycles. The second-order valence-electron chi connectivity index (χ2n) is 5.84. The van der Waals surface area contributed by atoms with Crippen LogP contribution in [0, 0.1) is 17.8 Å². The van der Waals surface area contributed by atoms with Gasteiger partial charge < -0.3 is 4.57 Å². The summed E-state index contributed by atoms with van der Waals surface area (Å²) in [5, 5.41) is 0.